The van der Waals surface area contributed by atoms with Crippen LogP contribution in [-0.4, -0.2) is 0 Å². The van der Waals surface area contributed by atoms with Crippen LogP contribution >= 0.6 is 15.9 Å². The summed E-state index contributed by atoms with van der Waals surface area (Å²) < 4.78 is 14.0. The molecule has 0 aliphatic carbocycles. The molecule has 0 aliphatic heterocycles. The summed E-state index contributed by atoms with van der Waals surface area (Å²) in [5.41, 5.74) is 9.35. The van der Waals surface area contributed by atoms with Crippen molar-refractivity contribution in [3.8, 4) is 0 Å². The summed E-state index contributed by atoms with van der Waals surface area (Å²) in [5, 5.41) is 0. The predicted octanol–water partition coefficient (Wildman–Crippen LogP) is 4.93. The third-order valence-electron chi connectivity index (χ3n) is 3.44. The molecule has 0 radical (unpaired) electrons. The first-order valence-corrected chi connectivity index (χ1v) is 7.39. The lowest BCUT2D eigenvalue weighted by Crippen LogP contribution is -2.14. The summed E-state index contributed by atoms with van der Waals surface area (Å²) >= 11 is 3.15. The fraction of sp³-hybridized carbons (Fsp3) is 0.294. The second kappa shape index (κ2) is 5.66. The van der Waals surface area contributed by atoms with Crippen LogP contribution in [0.2, 0.25) is 0 Å². The molecule has 0 aliphatic rings. The maximum atomic E-state index is 13.6. The van der Waals surface area contributed by atoms with Crippen LogP contribution < -0.4 is 5.73 Å². The monoisotopic (exact) mass is 335 g/mol. The molecule has 0 fully saturated rings. The number of rotatable bonds is 2. The van der Waals surface area contributed by atoms with E-state index in [-0.39, 0.29) is 17.3 Å². The van der Waals surface area contributed by atoms with Gasteiger partial charge in [-0.3, -0.25) is 0 Å². The molecule has 0 saturated heterocycles. The lowest BCUT2D eigenvalue weighted by molar-refractivity contribution is 0.589. The van der Waals surface area contributed by atoms with E-state index in [0.29, 0.717) is 4.47 Å². The molecule has 2 N–H and O–H groups in total. The van der Waals surface area contributed by atoms with Crippen LogP contribution in [0.3, 0.4) is 0 Å². The molecule has 0 amide bonds. The second-order valence-electron chi connectivity index (χ2n) is 6.02. The number of nitrogens with two attached hydrogens (primary N) is 1. The fourth-order valence-corrected chi connectivity index (χ4v) is 2.34. The van der Waals surface area contributed by atoms with Gasteiger partial charge in [0.1, 0.15) is 5.82 Å². The first kappa shape index (κ1) is 15.2. The Morgan fingerprint density at radius 1 is 1.00 bits per heavy atom. The smallest absolute Gasteiger partial charge is 0.137 e. The second-order valence-corrected chi connectivity index (χ2v) is 6.88. The molecule has 2 aromatic rings. The molecular formula is C17H19BrFN. The molecule has 1 nitrogen and oxygen atoms in total. The van der Waals surface area contributed by atoms with Gasteiger partial charge in [-0.25, -0.2) is 4.39 Å². The van der Waals surface area contributed by atoms with Gasteiger partial charge in [-0.05, 0) is 50.2 Å². The van der Waals surface area contributed by atoms with E-state index in [1.54, 1.807) is 6.07 Å². The molecule has 1 atom stereocenters. The molecule has 3 heteroatoms. The molecule has 1 unspecified atom stereocenters. The van der Waals surface area contributed by atoms with Crippen molar-refractivity contribution < 1.29 is 4.39 Å². The highest BCUT2D eigenvalue weighted by molar-refractivity contribution is 9.10. The van der Waals surface area contributed by atoms with E-state index in [9.17, 15) is 4.39 Å². The van der Waals surface area contributed by atoms with E-state index in [2.05, 4.69) is 48.8 Å². The number of benzene rings is 2. The zero-order valence-corrected chi connectivity index (χ0v) is 13.5. The van der Waals surface area contributed by atoms with Gasteiger partial charge in [0, 0.05) is 0 Å². The van der Waals surface area contributed by atoms with Gasteiger partial charge in [-0.1, -0.05) is 51.1 Å². The van der Waals surface area contributed by atoms with Crippen molar-refractivity contribution in [2.24, 2.45) is 5.73 Å². The van der Waals surface area contributed by atoms with Crippen molar-refractivity contribution in [1.82, 2.24) is 0 Å². The summed E-state index contributed by atoms with van der Waals surface area (Å²) in [6, 6.07) is 12.9. The highest BCUT2D eigenvalue weighted by Crippen LogP contribution is 2.27. The Bertz CT molecular complexity index is 599. The standard InChI is InChI=1S/C17H19BrFN/c1-17(2,3)13-7-4-11(5-8-13)16(20)12-6-9-14(18)15(19)10-12/h4-10,16H,20H2,1-3H3. The molecule has 0 saturated carbocycles. The third-order valence-corrected chi connectivity index (χ3v) is 4.08. The molecule has 20 heavy (non-hydrogen) atoms. The molecule has 0 spiro atoms. The summed E-state index contributed by atoms with van der Waals surface area (Å²) in [4.78, 5) is 0. The zero-order valence-electron chi connectivity index (χ0n) is 12.0. The highest BCUT2D eigenvalue weighted by Gasteiger charge is 2.15. The Morgan fingerprint density at radius 3 is 2.05 bits per heavy atom. The van der Waals surface area contributed by atoms with Crippen molar-refractivity contribution >= 4 is 15.9 Å². The minimum atomic E-state index is -0.313. The average molecular weight is 336 g/mol. The van der Waals surface area contributed by atoms with Gasteiger partial charge in [0.15, 0.2) is 0 Å². The van der Waals surface area contributed by atoms with E-state index in [1.165, 1.54) is 11.6 Å². The maximum absolute atomic E-state index is 13.6. The van der Waals surface area contributed by atoms with Gasteiger partial charge in [0.25, 0.3) is 0 Å². The topological polar surface area (TPSA) is 26.0 Å². The summed E-state index contributed by atoms with van der Waals surface area (Å²) in [6.45, 7) is 6.52. The van der Waals surface area contributed by atoms with Gasteiger partial charge in [0.05, 0.1) is 10.5 Å². The Hall–Kier alpha value is -1.19. The lowest BCUT2D eigenvalue weighted by Gasteiger charge is -2.20. The summed E-state index contributed by atoms with van der Waals surface area (Å²) in [5.74, 6) is -0.288. The van der Waals surface area contributed by atoms with Gasteiger partial charge in [-0.15, -0.1) is 0 Å². The van der Waals surface area contributed by atoms with Crippen molar-refractivity contribution in [2.75, 3.05) is 0 Å². The minimum absolute atomic E-state index is 0.117. The zero-order chi connectivity index (χ0) is 14.9. The fourth-order valence-electron chi connectivity index (χ4n) is 2.09. The Labute approximate surface area is 128 Å². The predicted molar refractivity (Wildman–Crippen MR) is 85.3 cm³/mol. The van der Waals surface area contributed by atoms with Gasteiger partial charge < -0.3 is 5.73 Å². The molecule has 0 aromatic heterocycles. The number of hydrogen-bond donors (Lipinski definition) is 1. The Balaban J connectivity index is 2.29. The van der Waals surface area contributed by atoms with E-state index in [1.807, 2.05) is 18.2 Å². The van der Waals surface area contributed by atoms with Crippen molar-refractivity contribution in [3.63, 3.8) is 0 Å². The molecule has 2 aromatic carbocycles. The third kappa shape index (κ3) is 3.28. The number of hydrogen-bond acceptors (Lipinski definition) is 1. The highest BCUT2D eigenvalue weighted by atomic mass is 79.9. The van der Waals surface area contributed by atoms with Crippen LogP contribution in [0.25, 0.3) is 0 Å². The largest absolute Gasteiger partial charge is 0.320 e. The van der Waals surface area contributed by atoms with E-state index in [4.69, 9.17) is 5.73 Å². The lowest BCUT2D eigenvalue weighted by atomic mass is 9.86. The van der Waals surface area contributed by atoms with Crippen LogP contribution in [0, 0.1) is 5.82 Å². The van der Waals surface area contributed by atoms with E-state index in [0.717, 1.165) is 11.1 Å². The van der Waals surface area contributed by atoms with Crippen LogP contribution in [0.4, 0.5) is 4.39 Å². The van der Waals surface area contributed by atoms with Crippen molar-refractivity contribution in [1.29, 1.82) is 0 Å². The van der Waals surface area contributed by atoms with Gasteiger partial charge in [-0.2, -0.15) is 0 Å². The van der Waals surface area contributed by atoms with Crippen LogP contribution in [-0.2, 0) is 5.41 Å². The normalized spacial score (nSPS) is 13.3. The van der Waals surface area contributed by atoms with Gasteiger partial charge in [0.2, 0.25) is 0 Å². The average Bonchev–Trinajstić information content (AvgIpc) is 2.40. The minimum Gasteiger partial charge on any atom is -0.320 e. The van der Waals surface area contributed by atoms with Gasteiger partial charge >= 0.3 is 0 Å². The van der Waals surface area contributed by atoms with E-state index < -0.39 is 0 Å². The van der Waals surface area contributed by atoms with E-state index >= 15 is 0 Å². The molecular weight excluding hydrogens is 317 g/mol. The first-order chi connectivity index (χ1) is 9.29. The Kier molecular flexibility index (Phi) is 4.31. The summed E-state index contributed by atoms with van der Waals surface area (Å²) in [7, 11) is 0. The quantitative estimate of drug-likeness (QED) is 0.826. The van der Waals surface area contributed by atoms with Crippen molar-refractivity contribution in [2.45, 2.75) is 32.2 Å². The molecule has 0 bridgehead atoms. The molecule has 106 valence electrons. The maximum Gasteiger partial charge on any atom is 0.137 e. The molecule has 2 rings (SSSR count). The first-order valence-electron chi connectivity index (χ1n) is 6.60. The number of halogens is 2. The van der Waals surface area contributed by atoms with Crippen LogP contribution in [0.1, 0.15) is 43.5 Å². The molecule has 0 heterocycles. The van der Waals surface area contributed by atoms with Crippen LogP contribution in [0.15, 0.2) is 46.9 Å². The Morgan fingerprint density at radius 2 is 1.55 bits per heavy atom. The summed E-state index contributed by atoms with van der Waals surface area (Å²) in [6.07, 6.45) is 0. The van der Waals surface area contributed by atoms with Crippen molar-refractivity contribution in [3.05, 3.63) is 69.4 Å². The SMILES string of the molecule is CC(C)(C)c1ccc(C(N)c2ccc(Br)c(F)c2)cc1. The van der Waals surface area contributed by atoms with Crippen LogP contribution in [0.5, 0.6) is 0 Å².